The van der Waals surface area contributed by atoms with E-state index in [0.29, 0.717) is 5.56 Å². The molecule has 0 unspecified atom stereocenters. The fourth-order valence-electron chi connectivity index (χ4n) is 8.25. The number of hydrogen-bond donors (Lipinski definition) is 0. The van der Waals surface area contributed by atoms with Gasteiger partial charge in [0.1, 0.15) is 5.58 Å². The normalized spacial score (nSPS) is 12.5. The molecule has 5 nitrogen and oxygen atoms in total. The predicted molar refractivity (Wildman–Crippen MR) is 266 cm³/mol. The average Bonchev–Trinajstić information content (AvgIpc) is 3.90. The summed E-state index contributed by atoms with van der Waals surface area (Å²) in [7, 11) is -1.35. The number of aromatic nitrogens is 4. The number of nitrogens with zero attached hydrogens (tertiary/aromatic N) is 4. The van der Waals surface area contributed by atoms with E-state index >= 15 is 0 Å². The molecule has 0 atom stereocenters. The molecule has 6 aromatic carbocycles. The zero-order chi connectivity index (χ0) is 46.3. The van der Waals surface area contributed by atoms with Crippen LogP contribution in [-0.2, 0) is 20.1 Å². The molecule has 0 bridgehead atoms. The Morgan fingerprint density at radius 3 is 1.95 bits per heavy atom. The summed E-state index contributed by atoms with van der Waals surface area (Å²) < 4.78 is 31.0. The Labute approximate surface area is 395 Å². The first-order chi connectivity index (χ1) is 31.7. The van der Waals surface area contributed by atoms with Crippen LogP contribution < -0.4 is 5.19 Å². The monoisotopic (exact) mass is 1030 g/mol. The van der Waals surface area contributed by atoms with Gasteiger partial charge in [0.2, 0.25) is 0 Å². The molecule has 1 radical (unpaired) electrons. The van der Waals surface area contributed by atoms with Crippen LogP contribution in [0.1, 0.15) is 60.5 Å². The van der Waals surface area contributed by atoms with Crippen molar-refractivity contribution in [3.05, 3.63) is 187 Å². The Kier molecular flexibility index (Phi) is 11.7. The van der Waals surface area contributed by atoms with Crippen LogP contribution >= 0.6 is 0 Å². The van der Waals surface area contributed by atoms with Crippen molar-refractivity contribution in [3.8, 4) is 50.6 Å². The Hall–Kier alpha value is -6.24. The zero-order valence-corrected chi connectivity index (χ0v) is 40.6. The van der Waals surface area contributed by atoms with E-state index in [9.17, 15) is 0 Å². The van der Waals surface area contributed by atoms with Gasteiger partial charge in [0.05, 0.1) is 30.5 Å². The fourth-order valence-corrected chi connectivity index (χ4v) is 9.29. The molecule has 0 aliphatic heterocycles. The molecule has 4 heterocycles. The summed E-state index contributed by atoms with van der Waals surface area (Å²) in [5.74, 6) is 1.41. The van der Waals surface area contributed by atoms with E-state index in [-0.39, 0.29) is 37.6 Å². The molecule has 0 aliphatic carbocycles. The third-order valence-corrected chi connectivity index (χ3v) is 13.7. The first kappa shape index (κ1) is 40.5. The van der Waals surface area contributed by atoms with Crippen LogP contribution in [0, 0.1) is 19.1 Å². The van der Waals surface area contributed by atoms with Crippen LogP contribution in [0.4, 0.5) is 0 Å². The SMILES string of the molecule is CC(C)c1cc(-c2ccccc2)cc(C(C)C)c1-n1c(-c2[c-]ccc3c2oc2cc(-c4ccccc4)ccc23)nc2ccccc21.[2H]C([2H])([2H])c1ccc(-c2ccc([Si](C)(C)C)cn2)[c-]n1.[Ir]. The van der Waals surface area contributed by atoms with Crippen LogP contribution in [-0.4, -0.2) is 27.6 Å². The Balaban J connectivity index is 0.000000244. The van der Waals surface area contributed by atoms with Crippen molar-refractivity contribution in [1.29, 1.82) is 0 Å². The number of rotatable bonds is 8. The van der Waals surface area contributed by atoms with Crippen LogP contribution in [0.25, 0.3) is 83.6 Å². The van der Waals surface area contributed by atoms with Gasteiger partial charge in [-0.15, -0.1) is 35.9 Å². The Morgan fingerprint density at radius 1 is 0.672 bits per heavy atom. The fraction of sp³-hybridized carbons (Fsp3) is 0.175. The van der Waals surface area contributed by atoms with Crippen molar-refractivity contribution in [3.63, 3.8) is 0 Å². The van der Waals surface area contributed by atoms with Gasteiger partial charge in [-0.1, -0.05) is 162 Å². The van der Waals surface area contributed by atoms with E-state index in [1.165, 1.54) is 44.8 Å². The van der Waals surface area contributed by atoms with Gasteiger partial charge in [0.25, 0.3) is 0 Å². The number of para-hydroxylation sites is 2. The Bertz CT molecular complexity index is 3240. The number of furan rings is 1. The van der Waals surface area contributed by atoms with Crippen molar-refractivity contribution in [2.45, 2.75) is 66.0 Å². The van der Waals surface area contributed by atoms with Gasteiger partial charge in [-0.25, -0.2) is 0 Å². The number of imidazole rings is 1. The molecule has 0 saturated carbocycles. The first-order valence-electron chi connectivity index (χ1n) is 23.2. The van der Waals surface area contributed by atoms with Gasteiger partial charge in [0.15, 0.2) is 0 Å². The molecular formula is C57H52IrN4OSi-2. The molecule has 321 valence electrons. The third-order valence-electron chi connectivity index (χ3n) is 11.7. The smallest absolute Gasteiger partial charge is 0.121 e. The van der Waals surface area contributed by atoms with E-state index in [4.69, 9.17) is 13.5 Å². The number of hydrogen-bond acceptors (Lipinski definition) is 4. The second kappa shape index (κ2) is 18.5. The summed E-state index contributed by atoms with van der Waals surface area (Å²) in [5, 5.41) is 3.44. The van der Waals surface area contributed by atoms with Crippen molar-refractivity contribution in [1.82, 2.24) is 19.5 Å². The molecule has 0 saturated heterocycles. The van der Waals surface area contributed by atoms with E-state index in [1.54, 1.807) is 6.07 Å². The van der Waals surface area contributed by atoms with Crippen molar-refractivity contribution < 1.29 is 28.6 Å². The minimum Gasteiger partial charge on any atom is -0.501 e. The quantitative estimate of drug-likeness (QED) is 0.112. The summed E-state index contributed by atoms with van der Waals surface area (Å²) >= 11 is 0. The molecule has 10 rings (SSSR count). The van der Waals surface area contributed by atoms with Crippen LogP contribution in [0.3, 0.4) is 0 Å². The van der Waals surface area contributed by atoms with Gasteiger partial charge < -0.3 is 19.0 Å². The molecule has 7 heteroatoms. The summed E-state index contributed by atoms with van der Waals surface area (Å²) in [5.41, 5.74) is 14.6. The topological polar surface area (TPSA) is 56.7 Å². The molecular weight excluding hydrogens is 977 g/mol. The Morgan fingerprint density at radius 2 is 1.34 bits per heavy atom. The minimum absolute atomic E-state index is 0. The summed E-state index contributed by atoms with van der Waals surface area (Å²) in [6.45, 7) is 13.7. The molecule has 0 amide bonds. The molecule has 0 spiro atoms. The molecule has 0 fully saturated rings. The molecule has 4 aromatic heterocycles. The summed E-state index contributed by atoms with van der Waals surface area (Å²) in [4.78, 5) is 13.6. The summed E-state index contributed by atoms with van der Waals surface area (Å²) in [6.07, 6.45) is 4.65. The first-order valence-corrected chi connectivity index (χ1v) is 25.2. The second-order valence-electron chi connectivity index (χ2n) is 17.8. The van der Waals surface area contributed by atoms with Gasteiger partial charge in [-0.05, 0) is 98.3 Å². The molecule has 0 N–H and O–H groups in total. The van der Waals surface area contributed by atoms with Gasteiger partial charge in [0, 0.05) is 41.5 Å². The van der Waals surface area contributed by atoms with Gasteiger partial charge >= 0.3 is 0 Å². The van der Waals surface area contributed by atoms with Gasteiger partial charge in [-0.3, -0.25) is 4.98 Å². The maximum Gasteiger partial charge on any atom is 0.121 e. The largest absolute Gasteiger partial charge is 0.501 e. The summed E-state index contributed by atoms with van der Waals surface area (Å²) in [6, 6.07) is 55.7. The van der Waals surface area contributed by atoms with E-state index < -0.39 is 14.9 Å². The van der Waals surface area contributed by atoms with Crippen molar-refractivity contribution in [2.24, 2.45) is 0 Å². The van der Waals surface area contributed by atoms with Crippen molar-refractivity contribution >= 4 is 46.2 Å². The predicted octanol–water partition coefficient (Wildman–Crippen LogP) is 14.8. The van der Waals surface area contributed by atoms with E-state index in [2.05, 4.69) is 195 Å². The molecule has 64 heavy (non-hydrogen) atoms. The third kappa shape index (κ3) is 8.81. The minimum atomic E-state index is -2.19. The standard InChI is InChI=1S/C43H35N2O.C14H17N2Si.Ir/c1-27(2)36-24-32(30-16-9-6-10-17-30)25-37(28(3)4)41(36)45-39-21-12-11-20-38(39)44-43(45)35-19-13-18-34-33-23-22-31(26-40(33)46-42(34)35)29-14-7-5-8-15-29;1-11-5-6-12(9-15-11)14-8-7-13(10-16-14)17(2,3)4;/h5-18,20-28H,1-4H3;5-8,10H,1-4H3;/q2*-1;/i;1D3;. The second-order valence-corrected chi connectivity index (χ2v) is 22.8. The molecule has 10 aromatic rings. The van der Waals surface area contributed by atoms with Crippen LogP contribution in [0.15, 0.2) is 162 Å². The number of benzene rings is 6. The number of pyridine rings is 2. The van der Waals surface area contributed by atoms with Crippen molar-refractivity contribution in [2.75, 3.05) is 0 Å². The maximum atomic E-state index is 7.28. The average molecular weight is 1030 g/mol. The zero-order valence-electron chi connectivity index (χ0n) is 40.2. The van der Waals surface area contributed by atoms with Gasteiger partial charge in [-0.2, -0.15) is 0 Å². The van der Waals surface area contributed by atoms with Crippen LogP contribution in [0.5, 0.6) is 0 Å². The molecule has 0 aliphatic rings. The maximum absolute atomic E-state index is 7.28. The number of fused-ring (bicyclic) bond motifs is 4. The van der Waals surface area contributed by atoms with E-state index in [0.717, 1.165) is 55.6 Å². The van der Waals surface area contributed by atoms with E-state index in [1.807, 2.05) is 24.4 Å². The number of aryl methyl sites for hydroxylation is 1. The van der Waals surface area contributed by atoms with Crippen LogP contribution in [0.2, 0.25) is 19.6 Å².